The Hall–Kier alpha value is -3.27. The third kappa shape index (κ3) is 3.38. The van der Waals surface area contributed by atoms with Crippen LogP contribution in [0, 0.1) is 11.3 Å². The number of carbonyl (C=O) groups is 2. The molecule has 124 valence electrons. The van der Waals surface area contributed by atoms with E-state index in [1.54, 1.807) is 13.1 Å². The molecule has 7 heteroatoms. The molecule has 0 radical (unpaired) electrons. The second-order valence-electron chi connectivity index (χ2n) is 5.12. The van der Waals surface area contributed by atoms with Crippen LogP contribution in [0.3, 0.4) is 0 Å². The van der Waals surface area contributed by atoms with Crippen LogP contribution in [-0.2, 0) is 16.0 Å². The van der Waals surface area contributed by atoms with E-state index in [1.807, 2.05) is 24.3 Å². The molecule has 0 atom stereocenters. The Kier molecular flexibility index (Phi) is 5.22. The Morgan fingerprint density at radius 2 is 2.17 bits per heavy atom. The molecule has 0 saturated heterocycles. The molecule has 0 aliphatic heterocycles. The fourth-order valence-corrected chi connectivity index (χ4v) is 2.36. The monoisotopic (exact) mass is 326 g/mol. The lowest BCUT2D eigenvalue weighted by Gasteiger charge is -2.10. The highest BCUT2D eigenvalue weighted by Gasteiger charge is 2.21. The lowest BCUT2D eigenvalue weighted by Crippen LogP contribution is -2.18. The summed E-state index contributed by atoms with van der Waals surface area (Å²) in [6, 6.07) is 9.30. The zero-order valence-corrected chi connectivity index (χ0v) is 13.5. The number of benzene rings is 1. The van der Waals surface area contributed by atoms with Gasteiger partial charge in [-0.25, -0.2) is 4.79 Å². The number of aromatic nitrogens is 1. The Bertz CT molecular complexity index is 818. The van der Waals surface area contributed by atoms with Gasteiger partial charge >= 0.3 is 5.97 Å². The van der Waals surface area contributed by atoms with Crippen LogP contribution >= 0.6 is 0 Å². The minimum absolute atomic E-state index is 0.0485. The summed E-state index contributed by atoms with van der Waals surface area (Å²) in [5, 5.41) is 11.7. The second-order valence-corrected chi connectivity index (χ2v) is 5.12. The van der Waals surface area contributed by atoms with Gasteiger partial charge in [0.25, 0.3) is 0 Å². The molecule has 0 aliphatic rings. The minimum atomic E-state index is -0.621. The topological polar surface area (TPSA) is 110 Å². The number of anilines is 1. The van der Waals surface area contributed by atoms with Gasteiger partial charge in [-0.3, -0.25) is 4.79 Å². The van der Waals surface area contributed by atoms with E-state index in [0.717, 1.165) is 5.56 Å². The predicted molar refractivity (Wildman–Crippen MR) is 88.6 cm³/mol. The number of hydrogen-bond acceptors (Lipinski definition) is 5. The van der Waals surface area contributed by atoms with Gasteiger partial charge in [0, 0.05) is 25.4 Å². The number of hydrogen-bond donors (Lipinski definition) is 2. The number of nitrogens with two attached hydrogens (primary N) is 1. The van der Waals surface area contributed by atoms with Gasteiger partial charge in [-0.2, -0.15) is 5.26 Å². The fourth-order valence-electron chi connectivity index (χ4n) is 2.36. The van der Waals surface area contributed by atoms with Crippen LogP contribution < -0.4 is 11.1 Å². The van der Waals surface area contributed by atoms with E-state index < -0.39 is 5.97 Å². The molecular weight excluding hydrogens is 308 g/mol. The Morgan fingerprint density at radius 1 is 1.42 bits per heavy atom. The summed E-state index contributed by atoms with van der Waals surface area (Å²) in [7, 11) is 2.85. The Morgan fingerprint density at radius 3 is 2.79 bits per heavy atom. The Balaban J connectivity index is 2.43. The van der Waals surface area contributed by atoms with Gasteiger partial charge < -0.3 is 20.4 Å². The number of nitriles is 1. The molecule has 0 fully saturated rings. The number of methoxy groups -OCH3 is 1. The highest BCUT2D eigenvalue weighted by Crippen LogP contribution is 2.25. The highest BCUT2D eigenvalue weighted by molar-refractivity contribution is 5.95. The van der Waals surface area contributed by atoms with Crippen molar-refractivity contribution in [3.05, 3.63) is 47.3 Å². The smallest absolute Gasteiger partial charge is 0.357 e. The predicted octanol–water partition coefficient (Wildman–Crippen LogP) is 1.40. The van der Waals surface area contributed by atoms with Gasteiger partial charge in [0.1, 0.15) is 6.07 Å². The van der Waals surface area contributed by atoms with Gasteiger partial charge in [-0.15, -0.1) is 0 Å². The van der Waals surface area contributed by atoms with E-state index >= 15 is 0 Å². The number of esters is 1. The van der Waals surface area contributed by atoms with Gasteiger partial charge in [0.05, 0.1) is 18.4 Å². The fraction of sp³-hybridized carbons (Fsp3) is 0.235. The van der Waals surface area contributed by atoms with Crippen LogP contribution in [-0.4, -0.2) is 30.6 Å². The molecule has 0 bridgehead atoms. The molecule has 2 aromatic rings. The van der Waals surface area contributed by atoms with E-state index in [4.69, 9.17) is 15.7 Å². The SMILES string of the molecule is CNC(=O)CCc1cccc(-n2cc(C#N)c(N)c2C(=O)OC)c1. The molecular formula is C17H18N4O3. The molecule has 1 aromatic carbocycles. The van der Waals surface area contributed by atoms with Crippen molar-refractivity contribution in [3.63, 3.8) is 0 Å². The van der Waals surface area contributed by atoms with Gasteiger partial charge in [-0.05, 0) is 24.1 Å². The Labute approximate surface area is 139 Å². The maximum atomic E-state index is 12.0. The lowest BCUT2D eigenvalue weighted by molar-refractivity contribution is -0.120. The zero-order chi connectivity index (χ0) is 17.7. The zero-order valence-electron chi connectivity index (χ0n) is 13.5. The van der Waals surface area contributed by atoms with Crippen LogP contribution in [0.25, 0.3) is 5.69 Å². The third-order valence-electron chi connectivity index (χ3n) is 3.65. The van der Waals surface area contributed by atoms with Crippen molar-refractivity contribution in [1.82, 2.24) is 9.88 Å². The number of nitrogen functional groups attached to an aromatic ring is 1. The van der Waals surface area contributed by atoms with Crippen molar-refractivity contribution in [2.24, 2.45) is 0 Å². The summed E-state index contributed by atoms with van der Waals surface area (Å²) in [4.78, 5) is 23.4. The van der Waals surface area contributed by atoms with Gasteiger partial charge in [0.2, 0.25) is 5.91 Å². The second kappa shape index (κ2) is 7.33. The van der Waals surface area contributed by atoms with Crippen LogP contribution in [0.15, 0.2) is 30.5 Å². The van der Waals surface area contributed by atoms with E-state index in [0.29, 0.717) is 18.5 Å². The number of amides is 1. The van der Waals surface area contributed by atoms with Crippen molar-refractivity contribution in [3.8, 4) is 11.8 Å². The first kappa shape index (κ1) is 17.1. The standard InChI is InChI=1S/C17H18N4O3/c1-20-14(22)7-6-11-4-3-5-13(8-11)21-10-12(9-18)15(19)16(21)17(23)24-2/h3-5,8,10H,6-7,19H2,1-2H3,(H,20,22). The van der Waals surface area contributed by atoms with Crippen molar-refractivity contribution in [2.75, 3.05) is 19.9 Å². The molecule has 24 heavy (non-hydrogen) atoms. The first-order chi connectivity index (χ1) is 11.5. The first-order valence-corrected chi connectivity index (χ1v) is 7.31. The molecule has 1 aromatic heterocycles. The normalized spacial score (nSPS) is 10.0. The number of carbonyl (C=O) groups excluding carboxylic acids is 2. The third-order valence-corrected chi connectivity index (χ3v) is 3.65. The number of rotatable bonds is 5. The summed E-state index contributed by atoms with van der Waals surface area (Å²) in [5.74, 6) is -0.669. The van der Waals surface area contributed by atoms with E-state index in [-0.39, 0.29) is 22.9 Å². The molecule has 0 aliphatic carbocycles. The van der Waals surface area contributed by atoms with Crippen molar-refractivity contribution < 1.29 is 14.3 Å². The maximum Gasteiger partial charge on any atom is 0.357 e. The van der Waals surface area contributed by atoms with Crippen molar-refractivity contribution in [2.45, 2.75) is 12.8 Å². The molecule has 0 unspecified atom stereocenters. The number of ether oxygens (including phenoxy) is 1. The average Bonchev–Trinajstić information content (AvgIpc) is 2.95. The van der Waals surface area contributed by atoms with E-state index in [1.165, 1.54) is 17.9 Å². The highest BCUT2D eigenvalue weighted by atomic mass is 16.5. The largest absolute Gasteiger partial charge is 0.464 e. The summed E-state index contributed by atoms with van der Waals surface area (Å²) >= 11 is 0. The molecule has 1 heterocycles. The van der Waals surface area contributed by atoms with Crippen LogP contribution in [0.5, 0.6) is 0 Å². The first-order valence-electron chi connectivity index (χ1n) is 7.31. The summed E-state index contributed by atoms with van der Waals surface area (Å²) < 4.78 is 6.29. The molecule has 3 N–H and O–H groups in total. The minimum Gasteiger partial charge on any atom is -0.464 e. The summed E-state index contributed by atoms with van der Waals surface area (Å²) in [5.41, 5.74) is 7.87. The van der Waals surface area contributed by atoms with Crippen LogP contribution in [0.4, 0.5) is 5.69 Å². The van der Waals surface area contributed by atoms with Gasteiger partial charge in [-0.1, -0.05) is 12.1 Å². The van der Waals surface area contributed by atoms with E-state index in [2.05, 4.69) is 5.32 Å². The number of aryl methyl sites for hydroxylation is 1. The van der Waals surface area contributed by atoms with Crippen LogP contribution in [0.2, 0.25) is 0 Å². The molecule has 2 rings (SSSR count). The number of nitrogens with zero attached hydrogens (tertiary/aromatic N) is 2. The number of nitrogens with one attached hydrogen (secondary N) is 1. The average molecular weight is 326 g/mol. The summed E-state index contributed by atoms with van der Waals surface area (Å²) in [6.07, 6.45) is 2.42. The van der Waals surface area contributed by atoms with Crippen molar-refractivity contribution in [1.29, 1.82) is 5.26 Å². The van der Waals surface area contributed by atoms with Gasteiger partial charge in [0.15, 0.2) is 5.69 Å². The molecule has 0 spiro atoms. The van der Waals surface area contributed by atoms with Crippen molar-refractivity contribution >= 4 is 17.6 Å². The molecule has 0 saturated carbocycles. The molecule has 1 amide bonds. The lowest BCUT2D eigenvalue weighted by atomic mass is 10.1. The van der Waals surface area contributed by atoms with Crippen LogP contribution in [0.1, 0.15) is 28.0 Å². The molecule has 7 nitrogen and oxygen atoms in total. The summed E-state index contributed by atoms with van der Waals surface area (Å²) in [6.45, 7) is 0. The van der Waals surface area contributed by atoms with E-state index in [9.17, 15) is 9.59 Å². The maximum absolute atomic E-state index is 12.0. The quantitative estimate of drug-likeness (QED) is 0.807.